The van der Waals surface area contributed by atoms with Gasteiger partial charge in [-0.25, -0.2) is 4.39 Å². The number of benzene rings is 1. The number of nitrogens with zero attached hydrogens (tertiary/aromatic N) is 2. The molecule has 0 aliphatic carbocycles. The zero-order valence-corrected chi connectivity index (χ0v) is 17.0. The van der Waals surface area contributed by atoms with Crippen LogP contribution in [0.25, 0.3) is 0 Å². The van der Waals surface area contributed by atoms with Gasteiger partial charge in [-0.3, -0.25) is 4.79 Å². The molecular formula is C20H30FN4OS+. The van der Waals surface area contributed by atoms with Crippen LogP contribution in [0.5, 0.6) is 0 Å². The molecule has 0 bridgehead atoms. The Hall–Kier alpha value is -1.73. The van der Waals surface area contributed by atoms with Crippen LogP contribution in [0.4, 0.5) is 10.1 Å². The van der Waals surface area contributed by atoms with Crippen molar-refractivity contribution < 1.29 is 14.1 Å². The number of thiocarbonyl (C=S) groups is 1. The predicted molar refractivity (Wildman–Crippen MR) is 109 cm³/mol. The number of piperazine rings is 1. The van der Waals surface area contributed by atoms with Crippen molar-refractivity contribution in [1.82, 2.24) is 9.80 Å². The second kappa shape index (κ2) is 8.97. The van der Waals surface area contributed by atoms with Crippen LogP contribution >= 0.6 is 12.2 Å². The first-order valence-electron chi connectivity index (χ1n) is 9.84. The minimum atomic E-state index is -0.306. The van der Waals surface area contributed by atoms with Gasteiger partial charge in [-0.1, -0.05) is 26.0 Å². The van der Waals surface area contributed by atoms with E-state index in [9.17, 15) is 9.18 Å². The first kappa shape index (κ1) is 20.0. The lowest BCUT2D eigenvalue weighted by molar-refractivity contribution is -0.896. The van der Waals surface area contributed by atoms with Crippen molar-refractivity contribution in [2.24, 2.45) is 11.8 Å². The highest BCUT2D eigenvalue weighted by Crippen LogP contribution is 2.20. The number of amides is 1. The lowest BCUT2D eigenvalue weighted by Crippen LogP contribution is -3.15. The quantitative estimate of drug-likeness (QED) is 0.758. The van der Waals surface area contributed by atoms with Gasteiger partial charge in [0.05, 0.1) is 31.9 Å². The Bertz CT molecular complexity index is 668. The second-order valence-electron chi connectivity index (χ2n) is 8.07. The van der Waals surface area contributed by atoms with Crippen molar-refractivity contribution in [3.63, 3.8) is 0 Å². The average Bonchev–Trinajstić information content (AvgIpc) is 2.63. The van der Waals surface area contributed by atoms with Crippen LogP contribution in [0.2, 0.25) is 0 Å². The fourth-order valence-electron chi connectivity index (χ4n) is 4.15. The van der Waals surface area contributed by atoms with Crippen LogP contribution in [0.1, 0.15) is 20.3 Å². The molecule has 1 aromatic carbocycles. The molecule has 0 spiro atoms. The summed E-state index contributed by atoms with van der Waals surface area (Å²) in [4.78, 5) is 18.1. The molecule has 2 aliphatic heterocycles. The van der Waals surface area contributed by atoms with Crippen molar-refractivity contribution in [3.05, 3.63) is 30.1 Å². The number of halogens is 1. The van der Waals surface area contributed by atoms with Gasteiger partial charge in [-0.05, 0) is 42.6 Å². The third kappa shape index (κ3) is 5.39. The number of quaternary nitrogens is 1. The molecule has 7 heteroatoms. The number of hydrogen-bond acceptors (Lipinski definition) is 2. The summed E-state index contributed by atoms with van der Waals surface area (Å²) in [6.07, 6.45) is 1.21. The normalized spacial score (nSPS) is 24.0. The summed E-state index contributed by atoms with van der Waals surface area (Å²) < 4.78 is 13.8. The van der Waals surface area contributed by atoms with Gasteiger partial charge in [-0.15, -0.1) is 0 Å². The maximum absolute atomic E-state index is 13.8. The van der Waals surface area contributed by atoms with E-state index in [2.05, 4.69) is 24.1 Å². The van der Waals surface area contributed by atoms with E-state index in [0.29, 0.717) is 29.2 Å². The predicted octanol–water partition coefficient (Wildman–Crippen LogP) is 1.23. The summed E-state index contributed by atoms with van der Waals surface area (Å²) in [5, 5.41) is 3.54. The molecule has 2 heterocycles. The summed E-state index contributed by atoms with van der Waals surface area (Å²) >= 11 is 5.43. The molecule has 5 nitrogen and oxygen atoms in total. The largest absolute Gasteiger partial charge is 0.338 e. The smallest absolute Gasteiger partial charge is 0.277 e. The zero-order valence-electron chi connectivity index (χ0n) is 16.2. The Morgan fingerprint density at radius 3 is 2.44 bits per heavy atom. The summed E-state index contributed by atoms with van der Waals surface area (Å²) in [6.45, 7) is 10.1. The van der Waals surface area contributed by atoms with Gasteiger partial charge in [-0.2, -0.15) is 0 Å². The molecule has 0 radical (unpaired) electrons. The van der Waals surface area contributed by atoms with Gasteiger partial charge in [0.1, 0.15) is 5.82 Å². The highest BCUT2D eigenvalue weighted by atomic mass is 32.1. The number of hydrogen-bond donors (Lipinski definition) is 2. The van der Waals surface area contributed by atoms with E-state index in [-0.39, 0.29) is 11.7 Å². The van der Waals surface area contributed by atoms with E-state index in [1.807, 2.05) is 4.90 Å². The van der Waals surface area contributed by atoms with Crippen LogP contribution in [0, 0.1) is 17.7 Å². The molecule has 2 fully saturated rings. The molecule has 0 aromatic heterocycles. The van der Waals surface area contributed by atoms with Crippen molar-refractivity contribution in [2.45, 2.75) is 20.3 Å². The number of carbonyl (C=O) groups excluding carboxylic acids is 1. The first-order valence-corrected chi connectivity index (χ1v) is 10.2. The summed E-state index contributed by atoms with van der Waals surface area (Å²) in [7, 11) is 0. The minimum absolute atomic E-state index is 0.268. The van der Waals surface area contributed by atoms with Gasteiger partial charge >= 0.3 is 0 Å². The molecule has 2 N–H and O–H groups in total. The number of likely N-dealkylation sites (tertiary alicyclic amines) is 1. The minimum Gasteiger partial charge on any atom is -0.338 e. The van der Waals surface area contributed by atoms with Crippen LogP contribution in [0.15, 0.2) is 24.3 Å². The van der Waals surface area contributed by atoms with Crippen molar-refractivity contribution in [1.29, 1.82) is 0 Å². The highest BCUT2D eigenvalue weighted by molar-refractivity contribution is 7.80. The number of carbonyl (C=O) groups is 1. The van der Waals surface area contributed by atoms with Crippen molar-refractivity contribution in [2.75, 3.05) is 51.1 Å². The van der Waals surface area contributed by atoms with Crippen LogP contribution in [-0.2, 0) is 4.79 Å². The Morgan fingerprint density at radius 1 is 1.19 bits per heavy atom. The molecule has 1 aromatic rings. The van der Waals surface area contributed by atoms with Crippen LogP contribution in [-0.4, -0.2) is 66.6 Å². The van der Waals surface area contributed by atoms with E-state index in [4.69, 9.17) is 12.2 Å². The van der Waals surface area contributed by atoms with Crippen LogP contribution < -0.4 is 10.2 Å². The first-order chi connectivity index (χ1) is 12.9. The number of rotatable bonds is 3. The Kier molecular flexibility index (Phi) is 6.65. The number of piperidine rings is 1. The van der Waals surface area contributed by atoms with E-state index in [1.165, 1.54) is 17.4 Å². The molecule has 0 saturated carbocycles. The fraction of sp³-hybridized carbons (Fsp3) is 0.600. The third-order valence-corrected chi connectivity index (χ3v) is 5.86. The Morgan fingerprint density at radius 2 is 1.81 bits per heavy atom. The van der Waals surface area contributed by atoms with Crippen LogP contribution in [0.3, 0.4) is 0 Å². The molecule has 3 rings (SSSR count). The summed E-state index contributed by atoms with van der Waals surface area (Å²) in [5.74, 6) is 1.14. The van der Waals surface area contributed by atoms with E-state index < -0.39 is 0 Å². The number of anilines is 1. The summed E-state index contributed by atoms with van der Waals surface area (Å²) in [6, 6.07) is 6.54. The molecule has 2 saturated heterocycles. The molecule has 2 atom stereocenters. The van der Waals surface area contributed by atoms with Gasteiger partial charge in [0.15, 0.2) is 11.7 Å². The van der Waals surface area contributed by atoms with E-state index >= 15 is 0 Å². The maximum Gasteiger partial charge on any atom is 0.277 e. The lowest BCUT2D eigenvalue weighted by Gasteiger charge is -2.37. The van der Waals surface area contributed by atoms with Gasteiger partial charge in [0.2, 0.25) is 0 Å². The Labute approximate surface area is 166 Å². The summed E-state index contributed by atoms with van der Waals surface area (Å²) in [5.41, 5.74) is 0.404. The maximum atomic E-state index is 13.8. The Balaban J connectivity index is 1.45. The molecule has 27 heavy (non-hydrogen) atoms. The van der Waals surface area contributed by atoms with E-state index in [1.54, 1.807) is 18.2 Å². The molecule has 2 aliphatic rings. The van der Waals surface area contributed by atoms with Gasteiger partial charge in [0, 0.05) is 13.1 Å². The third-order valence-electron chi connectivity index (χ3n) is 5.50. The lowest BCUT2D eigenvalue weighted by atomic mass is 9.92. The average molecular weight is 394 g/mol. The standard InChI is InChI=1S/C20H29FN4OS/c1-15-11-16(2)13-25(12-15)19(26)14-23-7-9-24(10-8-23)20(27)22-18-6-4-3-5-17(18)21/h3-6,15-16H,7-14H2,1-2H3,(H,22,27)/p+1/t15-,16-/m1/s1. The molecular weight excluding hydrogens is 363 g/mol. The second-order valence-corrected chi connectivity index (χ2v) is 8.46. The molecule has 0 unspecified atom stereocenters. The van der Waals surface area contributed by atoms with Crippen molar-refractivity contribution in [3.8, 4) is 0 Å². The van der Waals surface area contributed by atoms with Gasteiger partial charge in [0.25, 0.3) is 5.91 Å². The topological polar surface area (TPSA) is 40.0 Å². The van der Waals surface area contributed by atoms with Crippen molar-refractivity contribution >= 4 is 28.9 Å². The van der Waals surface area contributed by atoms with Gasteiger partial charge < -0.3 is 20.0 Å². The molecule has 148 valence electrons. The van der Waals surface area contributed by atoms with E-state index in [0.717, 1.165) is 39.3 Å². The number of para-hydroxylation sites is 1. The monoisotopic (exact) mass is 393 g/mol. The zero-order chi connectivity index (χ0) is 19.4. The number of nitrogens with one attached hydrogen (secondary N) is 2. The highest BCUT2D eigenvalue weighted by Gasteiger charge is 2.29. The SMILES string of the molecule is C[C@@H]1C[C@@H](C)CN(C(=O)C[NH+]2CCN(C(=S)Nc3ccccc3F)CC2)C1. The fourth-order valence-corrected chi connectivity index (χ4v) is 4.44. The molecule has 1 amide bonds.